The van der Waals surface area contributed by atoms with Crippen molar-refractivity contribution in [3.05, 3.63) is 16.1 Å². The summed E-state index contributed by atoms with van der Waals surface area (Å²) in [5, 5.41) is 6.76. The van der Waals surface area contributed by atoms with Crippen LogP contribution in [0.15, 0.2) is 5.38 Å². The molecule has 0 aliphatic heterocycles. The molecule has 0 saturated heterocycles. The van der Waals surface area contributed by atoms with Crippen LogP contribution in [0.25, 0.3) is 0 Å². The van der Waals surface area contributed by atoms with E-state index in [1.165, 1.54) is 5.01 Å². The minimum absolute atomic E-state index is 0.594. The van der Waals surface area contributed by atoms with Gasteiger partial charge in [0, 0.05) is 30.2 Å². The van der Waals surface area contributed by atoms with Crippen molar-refractivity contribution >= 4 is 11.3 Å². The third-order valence-electron chi connectivity index (χ3n) is 2.82. The van der Waals surface area contributed by atoms with Crippen LogP contribution in [-0.4, -0.2) is 35.6 Å². The van der Waals surface area contributed by atoms with Gasteiger partial charge in [-0.3, -0.25) is 4.90 Å². The Labute approximate surface area is 103 Å². The molecule has 0 spiro atoms. The molecule has 1 atom stereocenters. The number of hydrogen-bond donors (Lipinski definition) is 1. The van der Waals surface area contributed by atoms with Gasteiger partial charge in [-0.15, -0.1) is 11.3 Å². The molecule has 1 aromatic heterocycles. The van der Waals surface area contributed by atoms with Crippen LogP contribution in [0, 0.1) is 6.92 Å². The van der Waals surface area contributed by atoms with Gasteiger partial charge in [0.2, 0.25) is 0 Å². The molecule has 1 aromatic rings. The van der Waals surface area contributed by atoms with E-state index < -0.39 is 0 Å². The van der Waals surface area contributed by atoms with E-state index in [4.69, 9.17) is 0 Å². The van der Waals surface area contributed by atoms with Gasteiger partial charge in [-0.2, -0.15) is 0 Å². The number of rotatable bonds is 7. The van der Waals surface area contributed by atoms with Gasteiger partial charge in [-0.1, -0.05) is 13.8 Å². The lowest BCUT2D eigenvalue weighted by atomic mass is 10.3. The summed E-state index contributed by atoms with van der Waals surface area (Å²) in [6.07, 6.45) is 0. The lowest BCUT2D eigenvalue weighted by Gasteiger charge is -2.26. The van der Waals surface area contributed by atoms with Crippen LogP contribution >= 0.6 is 11.3 Å². The lowest BCUT2D eigenvalue weighted by molar-refractivity contribution is 0.225. The van der Waals surface area contributed by atoms with Gasteiger partial charge in [-0.25, -0.2) is 4.98 Å². The van der Waals surface area contributed by atoms with Crippen molar-refractivity contribution in [1.29, 1.82) is 0 Å². The molecule has 0 aromatic carbocycles. The molecule has 0 bridgehead atoms. The first-order valence-corrected chi connectivity index (χ1v) is 6.91. The van der Waals surface area contributed by atoms with Crippen molar-refractivity contribution in [2.24, 2.45) is 0 Å². The third kappa shape index (κ3) is 4.20. The van der Waals surface area contributed by atoms with Crippen LogP contribution in [0.3, 0.4) is 0 Å². The summed E-state index contributed by atoms with van der Waals surface area (Å²) < 4.78 is 0. The van der Waals surface area contributed by atoms with Gasteiger partial charge in [0.05, 0.1) is 0 Å². The molecular weight excluding hydrogens is 218 g/mol. The second-order valence-corrected chi connectivity index (χ2v) is 5.03. The Bertz CT molecular complexity index is 294. The maximum Gasteiger partial charge on any atom is 0.107 e. The predicted octanol–water partition coefficient (Wildman–Crippen LogP) is 2.27. The number of likely N-dealkylation sites (N-methyl/N-ethyl adjacent to an activating group) is 1. The van der Waals surface area contributed by atoms with E-state index >= 15 is 0 Å². The summed E-state index contributed by atoms with van der Waals surface area (Å²) in [5.74, 6) is 0. The van der Waals surface area contributed by atoms with Gasteiger partial charge in [0.15, 0.2) is 0 Å². The first-order valence-electron chi connectivity index (χ1n) is 6.03. The van der Waals surface area contributed by atoms with Crippen molar-refractivity contribution in [1.82, 2.24) is 15.2 Å². The third-order valence-corrected chi connectivity index (χ3v) is 3.78. The van der Waals surface area contributed by atoms with E-state index in [1.54, 1.807) is 11.3 Å². The highest BCUT2D eigenvalue weighted by Crippen LogP contribution is 2.08. The molecule has 16 heavy (non-hydrogen) atoms. The molecule has 1 N–H and O–H groups in total. The van der Waals surface area contributed by atoms with Crippen molar-refractivity contribution in [2.45, 2.75) is 40.3 Å². The Morgan fingerprint density at radius 3 is 2.62 bits per heavy atom. The molecule has 0 fully saturated rings. The van der Waals surface area contributed by atoms with E-state index in [1.807, 2.05) is 6.92 Å². The number of aromatic nitrogens is 1. The molecule has 4 heteroatoms. The maximum absolute atomic E-state index is 4.44. The van der Waals surface area contributed by atoms with Crippen molar-refractivity contribution in [3.63, 3.8) is 0 Å². The molecule has 0 amide bonds. The van der Waals surface area contributed by atoms with Crippen LogP contribution in [0.4, 0.5) is 0 Å². The van der Waals surface area contributed by atoms with E-state index in [0.717, 1.165) is 31.9 Å². The zero-order chi connectivity index (χ0) is 12.0. The fourth-order valence-electron chi connectivity index (χ4n) is 1.85. The van der Waals surface area contributed by atoms with Crippen LogP contribution in [0.1, 0.15) is 31.5 Å². The topological polar surface area (TPSA) is 28.2 Å². The normalized spacial score (nSPS) is 13.3. The molecule has 3 nitrogen and oxygen atoms in total. The average Bonchev–Trinajstić information content (AvgIpc) is 2.66. The Balaban J connectivity index is 2.24. The van der Waals surface area contributed by atoms with Crippen LogP contribution in [-0.2, 0) is 6.54 Å². The average molecular weight is 241 g/mol. The second-order valence-electron chi connectivity index (χ2n) is 4.08. The molecule has 0 saturated carbocycles. The Morgan fingerprint density at radius 2 is 2.12 bits per heavy atom. The Hall–Kier alpha value is -0.450. The Morgan fingerprint density at radius 1 is 1.44 bits per heavy atom. The second kappa shape index (κ2) is 6.99. The number of hydrogen-bond acceptors (Lipinski definition) is 4. The first kappa shape index (κ1) is 13.6. The summed E-state index contributed by atoms with van der Waals surface area (Å²) >= 11 is 1.73. The van der Waals surface area contributed by atoms with Gasteiger partial charge < -0.3 is 5.32 Å². The Kier molecular flexibility index (Phi) is 5.95. The quantitative estimate of drug-likeness (QED) is 0.794. The van der Waals surface area contributed by atoms with Gasteiger partial charge >= 0.3 is 0 Å². The molecule has 1 unspecified atom stereocenters. The van der Waals surface area contributed by atoms with E-state index in [-0.39, 0.29) is 0 Å². The summed E-state index contributed by atoms with van der Waals surface area (Å²) in [5.41, 5.74) is 1.12. The molecule has 0 aliphatic carbocycles. The van der Waals surface area contributed by atoms with E-state index in [2.05, 4.69) is 41.4 Å². The summed E-state index contributed by atoms with van der Waals surface area (Å²) in [6.45, 7) is 12.9. The largest absolute Gasteiger partial charge is 0.309 e. The standard InChI is InChI=1S/C12H23N3S/c1-5-15(6-2)11(4)7-13-8-12-14-10(3)9-16-12/h9,11,13H,5-8H2,1-4H3. The molecule has 0 radical (unpaired) electrons. The zero-order valence-corrected chi connectivity index (χ0v) is 11.6. The number of nitrogens with zero attached hydrogens (tertiary/aromatic N) is 2. The smallest absolute Gasteiger partial charge is 0.107 e. The van der Waals surface area contributed by atoms with Crippen LogP contribution in [0.2, 0.25) is 0 Å². The predicted molar refractivity (Wildman–Crippen MR) is 70.9 cm³/mol. The number of nitrogens with one attached hydrogen (secondary N) is 1. The zero-order valence-electron chi connectivity index (χ0n) is 10.8. The molecule has 0 aliphatic rings. The minimum Gasteiger partial charge on any atom is -0.309 e. The highest BCUT2D eigenvalue weighted by atomic mass is 32.1. The lowest BCUT2D eigenvalue weighted by Crippen LogP contribution is -2.39. The van der Waals surface area contributed by atoms with Crippen molar-refractivity contribution in [3.8, 4) is 0 Å². The maximum atomic E-state index is 4.44. The molecule has 1 rings (SSSR count). The van der Waals surface area contributed by atoms with Crippen molar-refractivity contribution < 1.29 is 0 Å². The fourth-order valence-corrected chi connectivity index (χ4v) is 2.59. The summed E-state index contributed by atoms with van der Waals surface area (Å²) in [4.78, 5) is 6.89. The van der Waals surface area contributed by atoms with Crippen LogP contribution < -0.4 is 5.32 Å². The highest BCUT2D eigenvalue weighted by Gasteiger charge is 2.09. The van der Waals surface area contributed by atoms with Gasteiger partial charge in [0.1, 0.15) is 5.01 Å². The molecule has 92 valence electrons. The van der Waals surface area contributed by atoms with Crippen LogP contribution in [0.5, 0.6) is 0 Å². The number of aryl methyl sites for hydroxylation is 1. The van der Waals surface area contributed by atoms with Gasteiger partial charge in [0.25, 0.3) is 0 Å². The van der Waals surface area contributed by atoms with Crippen molar-refractivity contribution in [2.75, 3.05) is 19.6 Å². The fraction of sp³-hybridized carbons (Fsp3) is 0.750. The van der Waals surface area contributed by atoms with E-state index in [9.17, 15) is 0 Å². The molecular formula is C12H23N3S. The number of thiazole rings is 1. The molecule has 1 heterocycles. The summed E-state index contributed by atoms with van der Waals surface area (Å²) in [6, 6.07) is 0.594. The monoisotopic (exact) mass is 241 g/mol. The van der Waals surface area contributed by atoms with E-state index in [0.29, 0.717) is 6.04 Å². The summed E-state index contributed by atoms with van der Waals surface area (Å²) in [7, 11) is 0. The highest BCUT2D eigenvalue weighted by molar-refractivity contribution is 7.09. The SMILES string of the molecule is CCN(CC)C(C)CNCc1nc(C)cs1. The minimum atomic E-state index is 0.594. The van der Waals surface area contributed by atoms with Gasteiger partial charge in [-0.05, 0) is 26.9 Å². The first-order chi connectivity index (χ1) is 7.67.